The van der Waals surface area contributed by atoms with E-state index in [4.69, 9.17) is 4.74 Å². The lowest BCUT2D eigenvalue weighted by Crippen LogP contribution is -2.33. The largest absolute Gasteiger partial charge is 0.383 e. The first kappa shape index (κ1) is 23.7. The molecule has 0 spiro atoms. The average molecular weight is 518 g/mol. The lowest BCUT2D eigenvalue weighted by Gasteiger charge is -2.20. The Labute approximate surface area is 207 Å². The summed E-state index contributed by atoms with van der Waals surface area (Å²) >= 11 is 3.47. The molecule has 1 aliphatic rings. The Kier molecular flexibility index (Phi) is 7.76. The number of carbonyl (C=O) groups is 1. The minimum absolute atomic E-state index is 0.362. The van der Waals surface area contributed by atoms with Crippen molar-refractivity contribution in [3.63, 3.8) is 0 Å². The number of hydrogen-bond acceptors (Lipinski definition) is 6. The Balaban J connectivity index is 1.53. The third-order valence-corrected chi connectivity index (χ3v) is 6.18. The fraction of sp³-hybridized carbons (Fsp3) is 0.269. The summed E-state index contributed by atoms with van der Waals surface area (Å²) in [6.07, 6.45) is 3.75. The van der Waals surface area contributed by atoms with Crippen LogP contribution < -0.4 is 10.6 Å². The third kappa shape index (κ3) is 5.73. The smallest absolute Gasteiger partial charge is 0.300 e. The molecule has 0 unspecified atom stereocenters. The number of fused-ring (bicyclic) bond motifs is 1. The van der Waals surface area contributed by atoms with Gasteiger partial charge in [0, 0.05) is 40.6 Å². The molecule has 1 atom stereocenters. The number of halogens is 1. The number of likely N-dealkylation sites (tertiary alicyclic amines) is 1. The third-order valence-electron chi connectivity index (χ3n) is 5.68. The van der Waals surface area contributed by atoms with Crippen LogP contribution >= 0.6 is 15.9 Å². The van der Waals surface area contributed by atoms with Gasteiger partial charge in [0.15, 0.2) is 0 Å². The molecule has 0 radical (unpaired) electrons. The molecule has 7 nitrogen and oxygen atoms in total. The molecule has 172 valence electrons. The summed E-state index contributed by atoms with van der Waals surface area (Å²) in [5, 5.41) is 16.5. The molecular formula is C26H24BrN5O2. The van der Waals surface area contributed by atoms with Crippen molar-refractivity contribution >= 4 is 49.8 Å². The lowest BCUT2D eigenvalue weighted by atomic mass is 10.1. The van der Waals surface area contributed by atoms with Gasteiger partial charge < -0.3 is 15.4 Å². The number of hydrogen-bond donors (Lipinski definition) is 2. The highest BCUT2D eigenvalue weighted by Gasteiger charge is 2.23. The molecule has 4 rings (SSSR count). The van der Waals surface area contributed by atoms with Gasteiger partial charge in [0.05, 0.1) is 29.9 Å². The van der Waals surface area contributed by atoms with Crippen molar-refractivity contribution in [1.82, 2.24) is 9.88 Å². The van der Waals surface area contributed by atoms with E-state index in [9.17, 15) is 10.1 Å². The fourth-order valence-corrected chi connectivity index (χ4v) is 4.47. The highest BCUT2D eigenvalue weighted by Crippen LogP contribution is 2.31. The predicted octanol–water partition coefficient (Wildman–Crippen LogP) is 4.67. The first-order valence-electron chi connectivity index (χ1n) is 11.0. The Bertz CT molecular complexity index is 1310. The van der Waals surface area contributed by atoms with Gasteiger partial charge in [0.2, 0.25) is 0 Å². The molecule has 0 saturated carbocycles. The number of aromatic nitrogens is 1. The summed E-state index contributed by atoms with van der Waals surface area (Å²) in [5.41, 5.74) is 3.16. The van der Waals surface area contributed by atoms with Crippen LogP contribution in [0.1, 0.15) is 18.4 Å². The van der Waals surface area contributed by atoms with E-state index in [0.29, 0.717) is 41.6 Å². The Hall–Kier alpha value is -3.43. The van der Waals surface area contributed by atoms with Crippen molar-refractivity contribution in [1.29, 1.82) is 5.26 Å². The number of anilines is 3. The van der Waals surface area contributed by atoms with Gasteiger partial charge in [-0.15, -0.1) is 0 Å². The van der Waals surface area contributed by atoms with E-state index in [-0.39, 0.29) is 5.91 Å². The topological polar surface area (TPSA) is 90.3 Å². The molecule has 34 heavy (non-hydrogen) atoms. The average Bonchev–Trinajstić information content (AvgIpc) is 3.26. The molecule has 0 aliphatic carbocycles. The molecule has 0 bridgehead atoms. The van der Waals surface area contributed by atoms with Crippen LogP contribution in [0.5, 0.6) is 0 Å². The second-order valence-electron chi connectivity index (χ2n) is 8.00. The summed E-state index contributed by atoms with van der Waals surface area (Å²) < 4.78 is 6.18. The van der Waals surface area contributed by atoms with E-state index in [0.717, 1.165) is 34.9 Å². The van der Waals surface area contributed by atoms with Crippen molar-refractivity contribution in [2.45, 2.75) is 18.9 Å². The van der Waals surface area contributed by atoms with Crippen LogP contribution in [0.2, 0.25) is 0 Å². The zero-order chi connectivity index (χ0) is 23.9. The number of ether oxygens (including phenoxy) is 1. The van der Waals surface area contributed by atoms with Crippen LogP contribution in [0.3, 0.4) is 0 Å². The number of nitriles is 1. The molecule has 2 heterocycles. The molecular weight excluding hydrogens is 494 g/mol. The molecule has 8 heteroatoms. The van der Waals surface area contributed by atoms with Crippen LogP contribution in [0.25, 0.3) is 10.9 Å². The van der Waals surface area contributed by atoms with Gasteiger partial charge >= 0.3 is 0 Å². The van der Waals surface area contributed by atoms with Gasteiger partial charge in [-0.3, -0.25) is 14.7 Å². The Morgan fingerprint density at radius 3 is 2.97 bits per heavy atom. The number of pyridine rings is 1. The number of benzene rings is 2. The van der Waals surface area contributed by atoms with Crippen LogP contribution in [0.4, 0.5) is 17.1 Å². The van der Waals surface area contributed by atoms with E-state index < -0.39 is 0 Å². The fourth-order valence-electron chi connectivity index (χ4n) is 4.07. The van der Waals surface area contributed by atoms with Gasteiger partial charge in [-0.25, -0.2) is 0 Å². The van der Waals surface area contributed by atoms with Crippen molar-refractivity contribution < 1.29 is 9.53 Å². The number of rotatable bonds is 6. The number of amides is 1. The van der Waals surface area contributed by atoms with Gasteiger partial charge in [0.25, 0.3) is 5.91 Å². The Morgan fingerprint density at radius 1 is 1.29 bits per heavy atom. The maximum Gasteiger partial charge on any atom is 0.300 e. The molecule has 1 saturated heterocycles. The quantitative estimate of drug-likeness (QED) is 0.462. The van der Waals surface area contributed by atoms with Gasteiger partial charge in [-0.05, 0) is 61.7 Å². The summed E-state index contributed by atoms with van der Waals surface area (Å²) in [4.78, 5) is 19.1. The molecule has 2 aromatic carbocycles. The summed E-state index contributed by atoms with van der Waals surface area (Å²) in [6.45, 7) is 2.19. The minimum atomic E-state index is -0.382. The van der Waals surface area contributed by atoms with E-state index in [2.05, 4.69) is 54.4 Å². The van der Waals surface area contributed by atoms with E-state index in [1.165, 1.54) is 0 Å². The molecule has 3 aromatic rings. The molecule has 1 aliphatic heterocycles. The highest BCUT2D eigenvalue weighted by molar-refractivity contribution is 9.10. The summed E-state index contributed by atoms with van der Waals surface area (Å²) in [6, 6.07) is 15.6. The molecule has 1 fully saturated rings. The van der Waals surface area contributed by atoms with Crippen molar-refractivity contribution in [2.24, 2.45) is 0 Å². The second kappa shape index (κ2) is 11.1. The van der Waals surface area contributed by atoms with Crippen LogP contribution in [-0.2, 0) is 9.53 Å². The van der Waals surface area contributed by atoms with Crippen LogP contribution in [0, 0.1) is 23.2 Å². The first-order chi connectivity index (χ1) is 16.6. The summed E-state index contributed by atoms with van der Waals surface area (Å²) in [5.74, 6) is 5.28. The number of methoxy groups -OCH3 is 1. The standard InChI is InChI=1S/C26H24BrN5O2/c1-34-17-22-7-3-11-32(22)12-4-8-25(33)30-21-9-10-24-23(14-21)26(18(15-28)16-29-24)31-20-6-2-5-19(27)13-20/h2,5-6,9-10,13-14,16,22H,3,7,11-12,17H2,1H3,(H,29,31)(H,30,33)/t22-/m0/s1. The number of nitrogens with one attached hydrogen (secondary N) is 2. The zero-order valence-electron chi connectivity index (χ0n) is 18.8. The van der Waals surface area contributed by atoms with Crippen molar-refractivity contribution in [2.75, 3.05) is 37.4 Å². The maximum atomic E-state index is 12.4. The molecule has 1 aromatic heterocycles. The van der Waals surface area contributed by atoms with Crippen molar-refractivity contribution in [3.05, 3.63) is 58.7 Å². The predicted molar refractivity (Wildman–Crippen MR) is 137 cm³/mol. The SMILES string of the molecule is COC[C@@H]1CCCN1CC#CC(=O)Nc1ccc2ncc(C#N)c(Nc3cccc(Br)c3)c2c1. The lowest BCUT2D eigenvalue weighted by molar-refractivity contribution is -0.111. The van der Waals surface area contributed by atoms with Crippen LogP contribution in [-0.4, -0.2) is 48.6 Å². The van der Waals surface area contributed by atoms with E-state index in [1.54, 1.807) is 25.4 Å². The first-order valence-corrected chi connectivity index (χ1v) is 11.7. The minimum Gasteiger partial charge on any atom is -0.383 e. The summed E-state index contributed by atoms with van der Waals surface area (Å²) in [7, 11) is 1.70. The monoisotopic (exact) mass is 517 g/mol. The Morgan fingerprint density at radius 2 is 2.18 bits per heavy atom. The van der Waals surface area contributed by atoms with Gasteiger partial charge in [0.1, 0.15) is 6.07 Å². The zero-order valence-corrected chi connectivity index (χ0v) is 20.4. The molecule has 2 N–H and O–H groups in total. The van der Waals surface area contributed by atoms with E-state index in [1.807, 2.05) is 30.3 Å². The number of nitrogens with zero attached hydrogens (tertiary/aromatic N) is 3. The van der Waals surface area contributed by atoms with Crippen molar-refractivity contribution in [3.8, 4) is 17.9 Å². The second-order valence-corrected chi connectivity index (χ2v) is 8.92. The normalized spacial score (nSPS) is 15.4. The van der Waals surface area contributed by atoms with E-state index >= 15 is 0 Å². The van der Waals surface area contributed by atoms with Gasteiger partial charge in [-0.2, -0.15) is 5.26 Å². The highest BCUT2D eigenvalue weighted by atomic mass is 79.9. The molecule has 1 amide bonds. The van der Waals surface area contributed by atoms with Crippen LogP contribution in [0.15, 0.2) is 53.1 Å². The van der Waals surface area contributed by atoms with Gasteiger partial charge in [-0.1, -0.05) is 27.9 Å². The number of carbonyl (C=O) groups excluding carboxylic acids is 1. The maximum absolute atomic E-state index is 12.4.